The Hall–Kier alpha value is -4.18. The van der Waals surface area contributed by atoms with Gasteiger partial charge in [0.25, 0.3) is 11.5 Å². The standard InChI is InChI=1S/C25H27N5O5/c1-34-14-8-13-29(24(32)19-15-20(35-28-19)18-11-6-3-7-12-18)21-22(26)30(25(33)27-23(21)31)16-17-9-4-2-5-10-17/h2-7,9-12,20H,8,13-16,26H2,1H3,(H,27,31,33). The molecule has 3 aromatic rings. The van der Waals surface area contributed by atoms with E-state index in [2.05, 4.69) is 10.1 Å². The predicted octanol–water partition coefficient (Wildman–Crippen LogP) is 2.05. The summed E-state index contributed by atoms with van der Waals surface area (Å²) in [6.45, 7) is 0.634. The zero-order valence-corrected chi connectivity index (χ0v) is 19.3. The number of aromatic nitrogens is 2. The van der Waals surface area contributed by atoms with Crippen molar-refractivity contribution in [3.05, 3.63) is 92.6 Å². The van der Waals surface area contributed by atoms with Gasteiger partial charge in [0.15, 0.2) is 11.8 Å². The van der Waals surface area contributed by atoms with Gasteiger partial charge in [0.1, 0.15) is 11.5 Å². The second-order valence-electron chi connectivity index (χ2n) is 8.11. The normalized spacial score (nSPS) is 14.9. The van der Waals surface area contributed by atoms with Crippen LogP contribution in [0, 0.1) is 0 Å². The first-order valence-electron chi connectivity index (χ1n) is 11.2. The maximum Gasteiger partial charge on any atom is 0.330 e. The lowest BCUT2D eigenvalue weighted by Gasteiger charge is -2.24. The van der Waals surface area contributed by atoms with Crippen LogP contribution in [0.15, 0.2) is 75.4 Å². The van der Waals surface area contributed by atoms with E-state index in [9.17, 15) is 14.4 Å². The molecule has 10 heteroatoms. The molecule has 10 nitrogen and oxygen atoms in total. The molecule has 2 heterocycles. The highest BCUT2D eigenvalue weighted by atomic mass is 16.6. The third kappa shape index (κ3) is 5.33. The molecule has 182 valence electrons. The average molecular weight is 478 g/mol. The highest BCUT2D eigenvalue weighted by Gasteiger charge is 2.33. The van der Waals surface area contributed by atoms with Crippen molar-refractivity contribution < 1.29 is 14.4 Å². The van der Waals surface area contributed by atoms with Gasteiger partial charge >= 0.3 is 5.69 Å². The molecule has 1 amide bonds. The Kier molecular flexibility index (Phi) is 7.41. The number of carbonyl (C=O) groups is 1. The number of amides is 1. The SMILES string of the molecule is COCCCN(C(=O)C1=NOC(c2ccccc2)C1)c1c(N)n(Cc2ccccc2)c(=O)[nH]c1=O. The van der Waals surface area contributed by atoms with E-state index in [-0.39, 0.29) is 36.7 Å². The molecule has 1 aromatic heterocycles. The molecule has 2 aromatic carbocycles. The number of nitrogen functional groups attached to an aromatic ring is 1. The van der Waals surface area contributed by atoms with Gasteiger partial charge in [-0.1, -0.05) is 65.8 Å². The molecule has 0 saturated heterocycles. The van der Waals surface area contributed by atoms with E-state index >= 15 is 0 Å². The van der Waals surface area contributed by atoms with E-state index in [4.69, 9.17) is 15.3 Å². The molecule has 0 aliphatic carbocycles. The average Bonchev–Trinajstić information content (AvgIpc) is 3.37. The van der Waals surface area contributed by atoms with Crippen LogP contribution in [-0.4, -0.2) is 41.4 Å². The largest absolute Gasteiger partial charge is 0.387 e. The summed E-state index contributed by atoms with van der Waals surface area (Å²) in [5, 5.41) is 4.01. The van der Waals surface area contributed by atoms with E-state index in [1.807, 2.05) is 60.7 Å². The summed E-state index contributed by atoms with van der Waals surface area (Å²) in [5.74, 6) is -0.617. The van der Waals surface area contributed by atoms with Gasteiger partial charge in [-0.15, -0.1) is 0 Å². The minimum atomic E-state index is -0.748. The van der Waals surface area contributed by atoms with Gasteiger partial charge in [-0.3, -0.25) is 24.0 Å². The number of oxime groups is 1. The summed E-state index contributed by atoms with van der Waals surface area (Å²) in [6.07, 6.45) is 0.277. The van der Waals surface area contributed by atoms with E-state index in [1.165, 1.54) is 9.47 Å². The lowest BCUT2D eigenvalue weighted by atomic mass is 10.0. The Morgan fingerprint density at radius 2 is 1.86 bits per heavy atom. The number of nitrogens with zero attached hydrogens (tertiary/aromatic N) is 3. The lowest BCUT2D eigenvalue weighted by molar-refractivity contribution is -0.112. The van der Waals surface area contributed by atoms with Crippen molar-refractivity contribution in [2.45, 2.75) is 25.5 Å². The molecule has 0 saturated carbocycles. The smallest absolute Gasteiger partial charge is 0.330 e. The maximum absolute atomic E-state index is 13.6. The summed E-state index contributed by atoms with van der Waals surface area (Å²) in [5.41, 5.74) is 6.70. The minimum absolute atomic E-state index is 0.104. The van der Waals surface area contributed by atoms with Crippen LogP contribution < -0.4 is 21.9 Å². The van der Waals surface area contributed by atoms with Gasteiger partial charge in [0.05, 0.1) is 6.54 Å². The topological polar surface area (TPSA) is 132 Å². The molecule has 35 heavy (non-hydrogen) atoms. The van der Waals surface area contributed by atoms with E-state index < -0.39 is 23.3 Å². The summed E-state index contributed by atoms with van der Waals surface area (Å²) in [6, 6.07) is 18.7. The van der Waals surface area contributed by atoms with Crippen molar-refractivity contribution in [2.24, 2.45) is 5.16 Å². The number of methoxy groups -OCH3 is 1. The van der Waals surface area contributed by atoms with Gasteiger partial charge in [-0.25, -0.2) is 4.79 Å². The van der Waals surface area contributed by atoms with Crippen LogP contribution in [0.5, 0.6) is 0 Å². The third-order valence-corrected chi connectivity index (χ3v) is 5.73. The number of hydrogen-bond acceptors (Lipinski definition) is 7. The molecule has 1 unspecified atom stereocenters. The third-order valence-electron chi connectivity index (χ3n) is 5.73. The number of nitrogens with two attached hydrogens (primary N) is 1. The van der Waals surface area contributed by atoms with Gasteiger partial charge in [0.2, 0.25) is 0 Å². The summed E-state index contributed by atoms with van der Waals surface area (Å²) < 4.78 is 6.36. The number of nitrogens with one attached hydrogen (secondary N) is 1. The van der Waals surface area contributed by atoms with Crippen LogP contribution in [0.2, 0.25) is 0 Å². The van der Waals surface area contributed by atoms with Crippen molar-refractivity contribution in [1.82, 2.24) is 9.55 Å². The Labute approximate surface area is 201 Å². The Balaban J connectivity index is 1.67. The second kappa shape index (κ2) is 10.8. The first-order valence-corrected chi connectivity index (χ1v) is 11.2. The molecule has 0 fully saturated rings. The van der Waals surface area contributed by atoms with Crippen LogP contribution >= 0.6 is 0 Å². The number of hydrogen-bond donors (Lipinski definition) is 2. The highest BCUT2D eigenvalue weighted by Crippen LogP contribution is 2.29. The van der Waals surface area contributed by atoms with Crippen molar-refractivity contribution in [3.8, 4) is 0 Å². The molecule has 1 aliphatic heterocycles. The number of rotatable bonds is 9. The van der Waals surface area contributed by atoms with E-state index in [0.717, 1.165) is 11.1 Å². The first-order chi connectivity index (χ1) is 17.0. The molecular formula is C25H27N5O5. The quantitative estimate of drug-likeness (QED) is 0.454. The Morgan fingerprint density at radius 3 is 2.54 bits per heavy atom. The van der Waals surface area contributed by atoms with E-state index in [1.54, 1.807) is 7.11 Å². The van der Waals surface area contributed by atoms with Crippen LogP contribution in [0.25, 0.3) is 0 Å². The Morgan fingerprint density at radius 1 is 1.17 bits per heavy atom. The highest BCUT2D eigenvalue weighted by molar-refractivity contribution is 6.44. The number of anilines is 2. The number of H-pyrrole nitrogens is 1. The maximum atomic E-state index is 13.6. The molecule has 0 spiro atoms. The fraction of sp³-hybridized carbons (Fsp3) is 0.280. The zero-order chi connectivity index (χ0) is 24.8. The number of carbonyl (C=O) groups excluding carboxylic acids is 1. The summed E-state index contributed by atoms with van der Waals surface area (Å²) >= 11 is 0. The minimum Gasteiger partial charge on any atom is -0.387 e. The number of aromatic amines is 1. The van der Waals surface area contributed by atoms with Crippen LogP contribution in [0.4, 0.5) is 11.5 Å². The van der Waals surface area contributed by atoms with Gasteiger partial charge in [-0.2, -0.15) is 0 Å². The van der Waals surface area contributed by atoms with Crippen molar-refractivity contribution in [3.63, 3.8) is 0 Å². The monoisotopic (exact) mass is 477 g/mol. The van der Waals surface area contributed by atoms with Crippen LogP contribution in [0.3, 0.4) is 0 Å². The summed E-state index contributed by atoms with van der Waals surface area (Å²) in [4.78, 5) is 48.1. The molecule has 1 atom stereocenters. The predicted molar refractivity (Wildman–Crippen MR) is 132 cm³/mol. The van der Waals surface area contributed by atoms with Crippen LogP contribution in [0.1, 0.15) is 30.1 Å². The molecule has 0 radical (unpaired) electrons. The zero-order valence-electron chi connectivity index (χ0n) is 19.3. The molecule has 1 aliphatic rings. The number of ether oxygens (including phenoxy) is 1. The van der Waals surface area contributed by atoms with Gasteiger partial charge < -0.3 is 15.3 Å². The number of benzene rings is 2. The fourth-order valence-corrected chi connectivity index (χ4v) is 3.95. The second-order valence-corrected chi connectivity index (χ2v) is 8.11. The van der Waals surface area contributed by atoms with E-state index in [0.29, 0.717) is 13.0 Å². The Bertz CT molecular complexity index is 1320. The molecule has 4 rings (SSSR count). The summed E-state index contributed by atoms with van der Waals surface area (Å²) in [7, 11) is 1.55. The first kappa shape index (κ1) is 24.0. The molecule has 0 bridgehead atoms. The van der Waals surface area contributed by atoms with Crippen LogP contribution in [-0.2, 0) is 20.9 Å². The van der Waals surface area contributed by atoms with Gasteiger partial charge in [-0.05, 0) is 17.5 Å². The van der Waals surface area contributed by atoms with Crippen molar-refractivity contribution >= 4 is 23.1 Å². The van der Waals surface area contributed by atoms with Crippen molar-refractivity contribution in [2.75, 3.05) is 30.9 Å². The lowest BCUT2D eigenvalue weighted by Crippen LogP contribution is -2.44. The fourth-order valence-electron chi connectivity index (χ4n) is 3.95. The van der Waals surface area contributed by atoms with Gasteiger partial charge in [0, 0.05) is 26.7 Å². The van der Waals surface area contributed by atoms with Crippen molar-refractivity contribution in [1.29, 1.82) is 0 Å². The molecular weight excluding hydrogens is 450 g/mol. The molecule has 3 N–H and O–H groups in total.